The number of nitrogens with one attached hydrogen (secondary N) is 2. The van der Waals surface area contributed by atoms with Gasteiger partial charge in [-0.05, 0) is 23.3 Å². The van der Waals surface area contributed by atoms with Crippen LogP contribution in [0.5, 0.6) is 0 Å². The minimum Gasteiger partial charge on any atom is -0.352 e. The lowest BCUT2D eigenvalue weighted by atomic mass is 10.2. The molecule has 0 bridgehead atoms. The van der Waals surface area contributed by atoms with Crippen LogP contribution in [-0.4, -0.2) is 12.5 Å². The highest BCUT2D eigenvalue weighted by Crippen LogP contribution is 2.09. The predicted octanol–water partition coefficient (Wildman–Crippen LogP) is 3.14. The van der Waals surface area contributed by atoms with E-state index in [4.69, 9.17) is 11.6 Å². The second kappa shape index (κ2) is 8.45. The van der Waals surface area contributed by atoms with Crippen molar-refractivity contribution in [1.82, 2.24) is 10.6 Å². The third kappa shape index (κ3) is 5.98. The van der Waals surface area contributed by atoms with Crippen LogP contribution in [0.15, 0.2) is 54.6 Å². The standard InChI is InChI=1S/C17H19ClN2O/c18-16-8-6-15(7-9-16)13-20-17(21)10-11-19-12-14-4-2-1-3-5-14/h1-9,19H,10-13H2,(H,20,21). The van der Waals surface area contributed by atoms with E-state index in [9.17, 15) is 4.79 Å². The van der Waals surface area contributed by atoms with Crippen LogP contribution >= 0.6 is 11.6 Å². The fourth-order valence-corrected chi connectivity index (χ4v) is 2.05. The van der Waals surface area contributed by atoms with E-state index in [1.54, 1.807) is 0 Å². The molecule has 0 saturated carbocycles. The minimum absolute atomic E-state index is 0.0468. The maximum absolute atomic E-state index is 11.7. The monoisotopic (exact) mass is 302 g/mol. The Morgan fingerprint density at radius 2 is 1.57 bits per heavy atom. The van der Waals surface area contributed by atoms with Gasteiger partial charge >= 0.3 is 0 Å². The molecule has 2 aromatic carbocycles. The van der Waals surface area contributed by atoms with Gasteiger partial charge in [0.05, 0.1) is 0 Å². The van der Waals surface area contributed by atoms with Crippen LogP contribution in [-0.2, 0) is 17.9 Å². The fourth-order valence-electron chi connectivity index (χ4n) is 1.92. The highest BCUT2D eigenvalue weighted by atomic mass is 35.5. The molecule has 0 aliphatic rings. The lowest BCUT2D eigenvalue weighted by Crippen LogP contribution is -2.27. The molecule has 0 spiro atoms. The summed E-state index contributed by atoms with van der Waals surface area (Å²) in [7, 11) is 0. The van der Waals surface area contributed by atoms with Gasteiger partial charge in [0.25, 0.3) is 0 Å². The van der Waals surface area contributed by atoms with E-state index < -0.39 is 0 Å². The number of carbonyl (C=O) groups is 1. The smallest absolute Gasteiger partial charge is 0.221 e. The molecule has 2 N–H and O–H groups in total. The van der Waals surface area contributed by atoms with Gasteiger partial charge in [0.1, 0.15) is 0 Å². The summed E-state index contributed by atoms with van der Waals surface area (Å²) in [5.41, 5.74) is 2.27. The molecule has 0 heterocycles. The zero-order chi connectivity index (χ0) is 14.9. The number of rotatable bonds is 7. The number of hydrogen-bond acceptors (Lipinski definition) is 2. The lowest BCUT2D eigenvalue weighted by Gasteiger charge is -2.07. The summed E-state index contributed by atoms with van der Waals surface area (Å²) in [5, 5.41) is 6.86. The Balaban J connectivity index is 1.60. The molecule has 0 unspecified atom stereocenters. The Kier molecular flexibility index (Phi) is 6.25. The van der Waals surface area contributed by atoms with Crippen molar-refractivity contribution in [3.63, 3.8) is 0 Å². The number of amides is 1. The first-order valence-electron chi connectivity index (χ1n) is 7.00. The van der Waals surface area contributed by atoms with Gasteiger partial charge in [0.15, 0.2) is 0 Å². The first-order valence-corrected chi connectivity index (χ1v) is 7.37. The minimum atomic E-state index is 0.0468. The van der Waals surface area contributed by atoms with Crippen molar-refractivity contribution in [2.75, 3.05) is 6.54 Å². The van der Waals surface area contributed by atoms with Crippen LogP contribution in [0, 0.1) is 0 Å². The van der Waals surface area contributed by atoms with Gasteiger partial charge in [-0.3, -0.25) is 4.79 Å². The highest BCUT2D eigenvalue weighted by Gasteiger charge is 2.01. The van der Waals surface area contributed by atoms with Crippen LogP contribution in [0.25, 0.3) is 0 Å². The Hall–Kier alpha value is -1.84. The van der Waals surface area contributed by atoms with Crippen molar-refractivity contribution in [3.8, 4) is 0 Å². The summed E-state index contributed by atoms with van der Waals surface area (Å²) in [4.78, 5) is 11.7. The van der Waals surface area contributed by atoms with E-state index in [0.717, 1.165) is 12.1 Å². The SMILES string of the molecule is O=C(CCNCc1ccccc1)NCc1ccc(Cl)cc1. The second-order valence-electron chi connectivity index (χ2n) is 4.82. The molecular formula is C17H19ClN2O. The maximum atomic E-state index is 11.7. The Labute approximate surface area is 130 Å². The summed E-state index contributed by atoms with van der Waals surface area (Å²) in [6.07, 6.45) is 0.473. The molecule has 0 saturated heterocycles. The summed E-state index contributed by atoms with van der Waals surface area (Å²) < 4.78 is 0. The van der Waals surface area contributed by atoms with E-state index in [0.29, 0.717) is 24.5 Å². The zero-order valence-corrected chi connectivity index (χ0v) is 12.6. The molecule has 0 radical (unpaired) electrons. The molecule has 4 heteroatoms. The van der Waals surface area contributed by atoms with Crippen molar-refractivity contribution in [3.05, 3.63) is 70.7 Å². The Morgan fingerprint density at radius 1 is 0.905 bits per heavy atom. The number of benzene rings is 2. The fraction of sp³-hybridized carbons (Fsp3) is 0.235. The van der Waals surface area contributed by atoms with Crippen molar-refractivity contribution in [2.45, 2.75) is 19.5 Å². The van der Waals surface area contributed by atoms with Gasteiger partial charge in [-0.25, -0.2) is 0 Å². The van der Waals surface area contributed by atoms with Crippen molar-refractivity contribution in [2.24, 2.45) is 0 Å². The van der Waals surface area contributed by atoms with Crippen molar-refractivity contribution in [1.29, 1.82) is 0 Å². The molecular weight excluding hydrogens is 284 g/mol. The van der Waals surface area contributed by atoms with E-state index in [2.05, 4.69) is 22.8 Å². The number of halogens is 1. The first kappa shape index (κ1) is 15.5. The quantitative estimate of drug-likeness (QED) is 0.772. The lowest BCUT2D eigenvalue weighted by molar-refractivity contribution is -0.121. The largest absolute Gasteiger partial charge is 0.352 e. The van der Waals surface area contributed by atoms with Crippen molar-refractivity contribution < 1.29 is 4.79 Å². The number of carbonyl (C=O) groups excluding carboxylic acids is 1. The Bertz CT molecular complexity index is 555. The molecule has 2 aromatic rings. The summed E-state index contributed by atoms with van der Waals surface area (Å²) in [6.45, 7) is 1.99. The zero-order valence-electron chi connectivity index (χ0n) is 11.8. The average Bonchev–Trinajstić information content (AvgIpc) is 2.52. The molecule has 2 rings (SSSR count). The predicted molar refractivity (Wildman–Crippen MR) is 86.1 cm³/mol. The van der Waals surface area contributed by atoms with Crippen LogP contribution in [0.2, 0.25) is 5.02 Å². The molecule has 1 amide bonds. The van der Waals surface area contributed by atoms with E-state index in [1.807, 2.05) is 42.5 Å². The van der Waals surface area contributed by atoms with E-state index in [-0.39, 0.29) is 5.91 Å². The van der Waals surface area contributed by atoms with Crippen LogP contribution < -0.4 is 10.6 Å². The van der Waals surface area contributed by atoms with Gasteiger partial charge in [-0.2, -0.15) is 0 Å². The maximum Gasteiger partial charge on any atom is 0.221 e. The molecule has 3 nitrogen and oxygen atoms in total. The number of hydrogen-bond donors (Lipinski definition) is 2. The van der Waals surface area contributed by atoms with Gasteiger partial charge in [-0.1, -0.05) is 54.1 Å². The second-order valence-corrected chi connectivity index (χ2v) is 5.25. The van der Waals surface area contributed by atoms with Gasteiger partial charge < -0.3 is 10.6 Å². The molecule has 0 aliphatic heterocycles. The van der Waals surface area contributed by atoms with Gasteiger partial charge in [0, 0.05) is 31.1 Å². The molecule has 0 aliphatic carbocycles. The average molecular weight is 303 g/mol. The third-order valence-corrected chi connectivity index (χ3v) is 3.36. The topological polar surface area (TPSA) is 41.1 Å². The van der Waals surface area contributed by atoms with Crippen LogP contribution in [0.4, 0.5) is 0 Å². The summed E-state index contributed by atoms with van der Waals surface area (Å²) >= 11 is 5.81. The molecule has 0 atom stereocenters. The van der Waals surface area contributed by atoms with E-state index in [1.165, 1.54) is 5.56 Å². The molecule has 110 valence electrons. The summed E-state index contributed by atoms with van der Waals surface area (Å²) in [5.74, 6) is 0.0468. The third-order valence-electron chi connectivity index (χ3n) is 3.10. The Morgan fingerprint density at radius 3 is 2.29 bits per heavy atom. The first-order chi connectivity index (χ1) is 10.2. The van der Waals surface area contributed by atoms with Crippen LogP contribution in [0.1, 0.15) is 17.5 Å². The molecule has 0 aromatic heterocycles. The normalized spacial score (nSPS) is 10.3. The highest BCUT2D eigenvalue weighted by molar-refractivity contribution is 6.30. The van der Waals surface area contributed by atoms with Gasteiger partial charge in [-0.15, -0.1) is 0 Å². The van der Waals surface area contributed by atoms with Gasteiger partial charge in [0.2, 0.25) is 5.91 Å². The molecule has 21 heavy (non-hydrogen) atoms. The van der Waals surface area contributed by atoms with Crippen LogP contribution in [0.3, 0.4) is 0 Å². The molecule has 0 fully saturated rings. The van der Waals surface area contributed by atoms with Crippen molar-refractivity contribution >= 4 is 17.5 Å². The summed E-state index contributed by atoms with van der Waals surface area (Å²) in [6, 6.07) is 17.6. The van der Waals surface area contributed by atoms with E-state index >= 15 is 0 Å².